The van der Waals surface area contributed by atoms with Crippen LogP contribution in [0.3, 0.4) is 0 Å². The van der Waals surface area contributed by atoms with Crippen molar-refractivity contribution in [1.82, 2.24) is 4.90 Å². The Balaban J connectivity index is 2.48. The molecule has 0 aromatic heterocycles. The molecule has 1 heterocycles. The van der Waals surface area contributed by atoms with Gasteiger partial charge in [0.15, 0.2) is 0 Å². The third-order valence-electron chi connectivity index (χ3n) is 4.33. The van der Waals surface area contributed by atoms with E-state index in [2.05, 4.69) is 13.2 Å². The van der Waals surface area contributed by atoms with E-state index in [0.717, 1.165) is 12.1 Å². The maximum atomic E-state index is 12.8. The molecule has 0 aliphatic carbocycles. The van der Waals surface area contributed by atoms with Crippen molar-refractivity contribution in [3.8, 4) is 0 Å². The maximum absolute atomic E-state index is 12.8. The van der Waals surface area contributed by atoms with Gasteiger partial charge in [-0.05, 0) is 24.6 Å². The van der Waals surface area contributed by atoms with E-state index < -0.39 is 23.6 Å². The van der Waals surface area contributed by atoms with Crippen molar-refractivity contribution in [3.63, 3.8) is 0 Å². The molecule has 2 rings (SSSR count). The largest absolute Gasteiger partial charge is 0.458 e. The molecular formula is C20H20F3NO3. The molecule has 0 bridgehead atoms. The standard InChI is InChI=1S/C20H20F3NO3/c1-4-10-24-13(3)18(19(26)27-11-5-2)16(12-17(24)25)14-6-8-15(9-7-14)20(21,22)23/h4-9,16H,1-2,10-12H2,3H3/t16-/m1/s1. The summed E-state index contributed by atoms with van der Waals surface area (Å²) in [6.07, 6.45) is -1.56. The number of alkyl halides is 3. The molecule has 0 spiro atoms. The smallest absolute Gasteiger partial charge is 0.416 e. The molecule has 0 saturated heterocycles. The summed E-state index contributed by atoms with van der Waals surface area (Å²) in [4.78, 5) is 26.5. The topological polar surface area (TPSA) is 46.6 Å². The Hall–Kier alpha value is -2.83. The predicted octanol–water partition coefficient (Wildman–Crippen LogP) is 4.21. The number of benzene rings is 1. The van der Waals surface area contributed by atoms with E-state index in [9.17, 15) is 22.8 Å². The van der Waals surface area contributed by atoms with Crippen LogP contribution in [0.5, 0.6) is 0 Å². The van der Waals surface area contributed by atoms with Gasteiger partial charge in [0.1, 0.15) is 6.61 Å². The average Bonchev–Trinajstić information content (AvgIpc) is 2.62. The molecule has 1 aliphatic heterocycles. The minimum atomic E-state index is -4.46. The average molecular weight is 379 g/mol. The summed E-state index contributed by atoms with van der Waals surface area (Å²) in [5.74, 6) is -1.55. The van der Waals surface area contributed by atoms with Crippen molar-refractivity contribution in [2.45, 2.75) is 25.4 Å². The second-order valence-corrected chi connectivity index (χ2v) is 6.06. The number of esters is 1. The Morgan fingerprint density at radius 1 is 1.26 bits per heavy atom. The lowest BCUT2D eigenvalue weighted by Gasteiger charge is -2.34. The van der Waals surface area contributed by atoms with Crippen LogP contribution in [0.1, 0.15) is 30.4 Å². The highest BCUT2D eigenvalue weighted by molar-refractivity contribution is 5.96. The Morgan fingerprint density at radius 2 is 1.89 bits per heavy atom. The molecule has 1 atom stereocenters. The maximum Gasteiger partial charge on any atom is 0.416 e. The molecule has 0 unspecified atom stereocenters. The number of hydrogen-bond donors (Lipinski definition) is 0. The normalized spacial score (nSPS) is 17.7. The number of hydrogen-bond acceptors (Lipinski definition) is 3. The van der Waals surface area contributed by atoms with Gasteiger partial charge in [-0.2, -0.15) is 13.2 Å². The molecule has 1 aliphatic rings. The van der Waals surface area contributed by atoms with Crippen molar-refractivity contribution in [1.29, 1.82) is 0 Å². The number of amides is 1. The summed E-state index contributed by atoms with van der Waals surface area (Å²) in [6.45, 7) is 8.91. The van der Waals surface area contributed by atoms with E-state index in [4.69, 9.17) is 4.74 Å². The zero-order valence-corrected chi connectivity index (χ0v) is 14.9. The van der Waals surface area contributed by atoms with Gasteiger partial charge >= 0.3 is 12.1 Å². The van der Waals surface area contributed by atoms with E-state index in [-0.39, 0.29) is 31.1 Å². The Labute approximate surface area is 155 Å². The molecule has 7 heteroatoms. The molecule has 0 N–H and O–H groups in total. The first-order valence-corrected chi connectivity index (χ1v) is 8.27. The molecule has 27 heavy (non-hydrogen) atoms. The summed E-state index contributed by atoms with van der Waals surface area (Å²) in [5, 5.41) is 0. The van der Waals surface area contributed by atoms with Gasteiger partial charge in [0.05, 0.1) is 11.1 Å². The van der Waals surface area contributed by atoms with E-state index in [0.29, 0.717) is 11.3 Å². The second kappa shape index (κ2) is 8.24. The molecule has 1 aromatic rings. The van der Waals surface area contributed by atoms with Crippen molar-refractivity contribution in [2.24, 2.45) is 0 Å². The molecule has 0 fully saturated rings. The number of carbonyl (C=O) groups is 2. The van der Waals surface area contributed by atoms with E-state index in [1.54, 1.807) is 6.92 Å². The third-order valence-corrected chi connectivity index (χ3v) is 4.33. The zero-order valence-electron chi connectivity index (χ0n) is 14.9. The van der Waals surface area contributed by atoms with Gasteiger partial charge in [0.25, 0.3) is 0 Å². The molecule has 144 valence electrons. The van der Waals surface area contributed by atoms with Gasteiger partial charge < -0.3 is 9.64 Å². The van der Waals surface area contributed by atoms with Gasteiger partial charge in [-0.1, -0.05) is 30.9 Å². The van der Waals surface area contributed by atoms with Crippen molar-refractivity contribution in [2.75, 3.05) is 13.2 Å². The van der Waals surface area contributed by atoms with Crippen molar-refractivity contribution in [3.05, 3.63) is 72.0 Å². The van der Waals surface area contributed by atoms with Crippen LogP contribution >= 0.6 is 0 Å². The van der Waals surface area contributed by atoms with Crippen LogP contribution in [-0.2, 0) is 20.5 Å². The highest BCUT2D eigenvalue weighted by Gasteiger charge is 2.37. The van der Waals surface area contributed by atoms with Gasteiger partial charge in [-0.25, -0.2) is 4.79 Å². The molecule has 0 saturated carbocycles. The van der Waals surface area contributed by atoms with Crippen LogP contribution in [-0.4, -0.2) is 29.9 Å². The minimum absolute atomic E-state index is 0.00918. The Morgan fingerprint density at radius 3 is 2.41 bits per heavy atom. The molecule has 0 radical (unpaired) electrons. The number of allylic oxidation sites excluding steroid dienone is 1. The highest BCUT2D eigenvalue weighted by Crippen LogP contribution is 2.38. The third kappa shape index (κ3) is 4.48. The van der Waals surface area contributed by atoms with E-state index >= 15 is 0 Å². The summed E-state index contributed by atoms with van der Waals surface area (Å²) in [7, 11) is 0. The van der Waals surface area contributed by atoms with Crippen LogP contribution in [0.15, 0.2) is 60.8 Å². The quantitative estimate of drug-likeness (QED) is 0.549. The Bertz CT molecular complexity index is 779. The predicted molar refractivity (Wildman–Crippen MR) is 94.6 cm³/mol. The lowest BCUT2D eigenvalue weighted by Crippen LogP contribution is -2.38. The van der Waals surface area contributed by atoms with Gasteiger partial charge in [-0.15, -0.1) is 6.58 Å². The lowest BCUT2D eigenvalue weighted by molar-refractivity contribution is -0.140. The monoisotopic (exact) mass is 379 g/mol. The molecule has 1 amide bonds. The van der Waals surface area contributed by atoms with Crippen LogP contribution in [0.4, 0.5) is 13.2 Å². The van der Waals surface area contributed by atoms with E-state index in [1.807, 2.05) is 0 Å². The number of ether oxygens (including phenoxy) is 1. The molecule has 1 aromatic carbocycles. The number of halogens is 3. The molecular weight excluding hydrogens is 359 g/mol. The summed E-state index contributed by atoms with van der Waals surface area (Å²) in [6, 6.07) is 4.46. The Kier molecular flexibility index (Phi) is 6.25. The zero-order chi connectivity index (χ0) is 20.2. The molecule has 4 nitrogen and oxygen atoms in total. The van der Waals surface area contributed by atoms with Crippen LogP contribution in [0.2, 0.25) is 0 Å². The van der Waals surface area contributed by atoms with Gasteiger partial charge in [-0.3, -0.25) is 4.79 Å². The van der Waals surface area contributed by atoms with Crippen LogP contribution in [0, 0.1) is 0 Å². The fourth-order valence-electron chi connectivity index (χ4n) is 3.03. The van der Waals surface area contributed by atoms with Gasteiger partial charge in [0.2, 0.25) is 5.91 Å². The summed E-state index contributed by atoms with van der Waals surface area (Å²) in [5.41, 5.74) is 0.306. The van der Waals surface area contributed by atoms with Crippen LogP contribution < -0.4 is 0 Å². The van der Waals surface area contributed by atoms with E-state index in [1.165, 1.54) is 29.2 Å². The number of nitrogens with zero attached hydrogens (tertiary/aromatic N) is 1. The van der Waals surface area contributed by atoms with Crippen LogP contribution in [0.25, 0.3) is 0 Å². The summed E-state index contributed by atoms with van der Waals surface area (Å²) >= 11 is 0. The fraction of sp³-hybridized carbons (Fsp3) is 0.300. The number of rotatable bonds is 6. The first kappa shape index (κ1) is 20.5. The second-order valence-electron chi connectivity index (χ2n) is 6.06. The highest BCUT2D eigenvalue weighted by atomic mass is 19.4. The lowest BCUT2D eigenvalue weighted by atomic mass is 9.83. The minimum Gasteiger partial charge on any atom is -0.458 e. The van der Waals surface area contributed by atoms with Crippen molar-refractivity contribution < 1.29 is 27.5 Å². The number of carbonyl (C=O) groups excluding carboxylic acids is 2. The SMILES string of the molecule is C=CCOC(=O)C1=C(C)N(CC=C)C(=O)C[C@@H]1c1ccc(C(F)(F)F)cc1. The van der Waals surface area contributed by atoms with Crippen molar-refractivity contribution >= 4 is 11.9 Å². The summed E-state index contributed by atoms with van der Waals surface area (Å²) < 4.78 is 43.5. The fourth-order valence-corrected chi connectivity index (χ4v) is 3.03. The first-order valence-electron chi connectivity index (χ1n) is 8.27. The van der Waals surface area contributed by atoms with Gasteiger partial charge in [0, 0.05) is 24.6 Å². The first-order chi connectivity index (χ1) is 12.7.